The molecule has 0 radical (unpaired) electrons. The molecule has 2 saturated carbocycles. The van der Waals surface area contributed by atoms with Crippen LogP contribution in [0.5, 0.6) is 0 Å². The molecule has 0 amide bonds. The Balaban J connectivity index is 1.79. The highest BCUT2D eigenvalue weighted by atomic mass is 32.2. The maximum Gasteiger partial charge on any atom is 0.203 e. The molecule has 128 valence electrons. The fraction of sp³-hybridized carbons (Fsp3) is 0.550. The van der Waals surface area contributed by atoms with E-state index in [9.17, 15) is 9.00 Å². The summed E-state index contributed by atoms with van der Waals surface area (Å²) in [7, 11) is -1.40. The van der Waals surface area contributed by atoms with E-state index in [1.54, 1.807) is 0 Å². The lowest BCUT2D eigenvalue weighted by atomic mass is 9.76. The van der Waals surface area contributed by atoms with Gasteiger partial charge in [-0.1, -0.05) is 43.9 Å². The molecule has 3 aliphatic rings. The number of carbonyl (C=O) groups is 1. The molecule has 1 spiro atoms. The molecule has 0 aromatic heterocycles. The second kappa shape index (κ2) is 6.57. The number of hydrogen-bond acceptors (Lipinski definition) is 3. The van der Waals surface area contributed by atoms with Gasteiger partial charge in [0.25, 0.3) is 0 Å². The second-order valence-electron chi connectivity index (χ2n) is 7.17. The smallest absolute Gasteiger partial charge is 0.203 e. The Hall–Kier alpha value is -1.26. The van der Waals surface area contributed by atoms with E-state index >= 15 is 0 Å². The summed E-state index contributed by atoms with van der Waals surface area (Å²) in [5.74, 6) is 0.0116. The second-order valence-corrected chi connectivity index (χ2v) is 8.59. The highest BCUT2D eigenvalue weighted by Crippen LogP contribution is 2.45. The summed E-state index contributed by atoms with van der Waals surface area (Å²) in [5.41, 5.74) is 0.313. The molecule has 1 aliphatic heterocycles. The summed E-state index contributed by atoms with van der Waals surface area (Å²) in [4.78, 5) is 14.7. The first-order chi connectivity index (χ1) is 11.7. The summed E-state index contributed by atoms with van der Waals surface area (Å²) in [6.45, 7) is 0. The molecule has 2 unspecified atom stereocenters. The number of Topliss-reactive ketones (excluding diaryl/α,β-unsaturated/α-hetero) is 1. The van der Waals surface area contributed by atoms with Crippen molar-refractivity contribution in [1.29, 1.82) is 0 Å². The van der Waals surface area contributed by atoms with Crippen LogP contribution in [0.2, 0.25) is 0 Å². The molecular formula is C20H24O3S. The summed E-state index contributed by atoms with van der Waals surface area (Å²) in [6.07, 6.45) is 8.78. The molecule has 1 aromatic rings. The van der Waals surface area contributed by atoms with Crippen LogP contribution in [0.4, 0.5) is 0 Å². The molecule has 2 atom stereocenters. The van der Waals surface area contributed by atoms with E-state index in [1.165, 1.54) is 0 Å². The SMILES string of the molecule is O=C1C(S(=O)c2ccccc2)=C2CCCCC2OC12CCCCC2. The average molecular weight is 344 g/mol. The van der Waals surface area contributed by atoms with Gasteiger partial charge in [0.15, 0.2) is 0 Å². The first-order valence-corrected chi connectivity index (χ1v) is 10.3. The Labute approximate surface area is 145 Å². The Morgan fingerprint density at radius 1 is 1.00 bits per heavy atom. The van der Waals surface area contributed by atoms with Gasteiger partial charge in [0.05, 0.1) is 21.8 Å². The third-order valence-electron chi connectivity index (χ3n) is 5.63. The van der Waals surface area contributed by atoms with Crippen molar-refractivity contribution in [2.24, 2.45) is 0 Å². The molecule has 4 rings (SSSR count). The van der Waals surface area contributed by atoms with Crippen molar-refractivity contribution in [3.63, 3.8) is 0 Å². The number of rotatable bonds is 2. The number of fused-ring (bicyclic) bond motifs is 1. The van der Waals surface area contributed by atoms with E-state index in [2.05, 4.69) is 0 Å². The standard InChI is InChI=1S/C20H24O3S/c21-19-18(24(22)15-9-3-1-4-10-15)16-11-5-6-12-17(16)23-20(19)13-7-2-8-14-20/h1,3-4,9-10,17H,2,5-8,11-14H2. The van der Waals surface area contributed by atoms with Crippen LogP contribution >= 0.6 is 0 Å². The summed E-state index contributed by atoms with van der Waals surface area (Å²) < 4.78 is 19.7. The molecule has 0 saturated heterocycles. The zero-order valence-corrected chi connectivity index (χ0v) is 14.8. The van der Waals surface area contributed by atoms with E-state index in [-0.39, 0.29) is 11.9 Å². The first-order valence-electron chi connectivity index (χ1n) is 9.14. The minimum atomic E-state index is -1.40. The van der Waals surface area contributed by atoms with Crippen molar-refractivity contribution >= 4 is 16.6 Å². The Morgan fingerprint density at radius 3 is 2.50 bits per heavy atom. The molecule has 4 heteroatoms. The zero-order valence-electron chi connectivity index (χ0n) is 14.0. The van der Waals surface area contributed by atoms with Crippen molar-refractivity contribution in [1.82, 2.24) is 0 Å². The van der Waals surface area contributed by atoms with Crippen molar-refractivity contribution in [2.75, 3.05) is 0 Å². The monoisotopic (exact) mass is 344 g/mol. The van der Waals surface area contributed by atoms with Gasteiger partial charge >= 0.3 is 0 Å². The first kappa shape index (κ1) is 16.2. The summed E-state index contributed by atoms with van der Waals surface area (Å²) in [6, 6.07) is 9.40. The van der Waals surface area contributed by atoms with Gasteiger partial charge in [0.1, 0.15) is 5.60 Å². The van der Waals surface area contributed by atoms with Gasteiger partial charge in [-0.3, -0.25) is 4.79 Å². The van der Waals surface area contributed by atoms with Crippen LogP contribution in [0.25, 0.3) is 0 Å². The van der Waals surface area contributed by atoms with Gasteiger partial charge in [0, 0.05) is 4.90 Å². The van der Waals surface area contributed by atoms with Gasteiger partial charge in [-0.15, -0.1) is 0 Å². The van der Waals surface area contributed by atoms with Crippen LogP contribution in [0, 0.1) is 0 Å². The van der Waals surface area contributed by atoms with Crippen LogP contribution in [0.3, 0.4) is 0 Å². The van der Waals surface area contributed by atoms with Crippen LogP contribution in [-0.4, -0.2) is 21.7 Å². The van der Waals surface area contributed by atoms with Crippen molar-refractivity contribution in [3.8, 4) is 0 Å². The third-order valence-corrected chi connectivity index (χ3v) is 7.15. The predicted molar refractivity (Wildman–Crippen MR) is 94.0 cm³/mol. The molecule has 3 nitrogen and oxygen atoms in total. The van der Waals surface area contributed by atoms with Gasteiger partial charge in [-0.05, 0) is 49.8 Å². The van der Waals surface area contributed by atoms with E-state index in [1.807, 2.05) is 30.3 Å². The third kappa shape index (κ3) is 2.70. The quantitative estimate of drug-likeness (QED) is 0.804. The fourth-order valence-corrected chi connectivity index (χ4v) is 5.85. The minimum absolute atomic E-state index is 0.00258. The average Bonchev–Trinajstić information content (AvgIpc) is 2.64. The lowest BCUT2D eigenvalue weighted by molar-refractivity contribution is -0.157. The lowest BCUT2D eigenvalue weighted by Crippen LogP contribution is -2.52. The number of carbonyl (C=O) groups excluding carboxylic acids is 1. The molecule has 24 heavy (non-hydrogen) atoms. The Bertz CT molecular complexity index is 686. The van der Waals surface area contributed by atoms with Crippen molar-refractivity contribution < 1.29 is 13.7 Å². The van der Waals surface area contributed by atoms with Gasteiger partial charge < -0.3 is 4.74 Å². The number of ketones is 1. The van der Waals surface area contributed by atoms with Crippen molar-refractivity contribution in [2.45, 2.75) is 74.4 Å². The van der Waals surface area contributed by atoms with E-state index in [0.717, 1.165) is 68.3 Å². The van der Waals surface area contributed by atoms with Gasteiger partial charge in [-0.2, -0.15) is 0 Å². The Kier molecular flexibility index (Phi) is 4.44. The number of ether oxygens (including phenoxy) is 1. The van der Waals surface area contributed by atoms with E-state index in [0.29, 0.717) is 4.91 Å². The summed E-state index contributed by atoms with van der Waals surface area (Å²) >= 11 is 0. The number of hydrogen-bond donors (Lipinski definition) is 0. The highest BCUT2D eigenvalue weighted by molar-refractivity contribution is 7.90. The molecule has 1 heterocycles. The fourth-order valence-electron chi connectivity index (χ4n) is 4.38. The Morgan fingerprint density at radius 2 is 1.75 bits per heavy atom. The van der Waals surface area contributed by atoms with Gasteiger partial charge in [-0.25, -0.2) is 4.21 Å². The van der Waals surface area contributed by atoms with Crippen LogP contribution in [0.15, 0.2) is 45.7 Å². The largest absolute Gasteiger partial charge is 0.359 e. The van der Waals surface area contributed by atoms with Gasteiger partial charge in [0.2, 0.25) is 5.78 Å². The minimum Gasteiger partial charge on any atom is -0.359 e. The van der Waals surface area contributed by atoms with Crippen LogP contribution < -0.4 is 0 Å². The molecular weight excluding hydrogens is 320 g/mol. The molecule has 2 aliphatic carbocycles. The topological polar surface area (TPSA) is 43.4 Å². The van der Waals surface area contributed by atoms with E-state index in [4.69, 9.17) is 4.74 Å². The normalized spacial score (nSPS) is 27.8. The lowest BCUT2D eigenvalue weighted by Gasteiger charge is -2.45. The predicted octanol–water partition coefficient (Wildman–Crippen LogP) is 4.29. The zero-order chi connectivity index (χ0) is 16.6. The molecule has 0 bridgehead atoms. The number of benzene rings is 1. The van der Waals surface area contributed by atoms with E-state index < -0.39 is 16.4 Å². The van der Waals surface area contributed by atoms with Crippen molar-refractivity contribution in [3.05, 3.63) is 40.8 Å². The molecule has 2 fully saturated rings. The summed E-state index contributed by atoms with van der Waals surface area (Å²) in [5, 5.41) is 0. The maximum atomic E-state index is 13.4. The molecule has 1 aromatic carbocycles. The molecule has 0 N–H and O–H groups in total. The highest BCUT2D eigenvalue weighted by Gasteiger charge is 2.50. The van der Waals surface area contributed by atoms with Crippen LogP contribution in [-0.2, 0) is 20.3 Å². The van der Waals surface area contributed by atoms with Crippen LogP contribution in [0.1, 0.15) is 57.8 Å². The maximum absolute atomic E-state index is 13.4.